The third-order valence-electron chi connectivity index (χ3n) is 4.90. The summed E-state index contributed by atoms with van der Waals surface area (Å²) >= 11 is 0. The highest BCUT2D eigenvalue weighted by atomic mass is 32.2. The maximum absolute atomic E-state index is 13.2. The van der Waals surface area contributed by atoms with Gasteiger partial charge >= 0.3 is 0 Å². The number of rotatable bonds is 6. The van der Waals surface area contributed by atoms with Crippen molar-refractivity contribution in [1.29, 1.82) is 0 Å². The van der Waals surface area contributed by atoms with Crippen LogP contribution in [-0.4, -0.2) is 26.0 Å². The van der Waals surface area contributed by atoms with Crippen LogP contribution in [0, 0.1) is 20.8 Å². The number of aromatic nitrogens is 1. The predicted molar refractivity (Wildman–Crippen MR) is 118 cm³/mol. The van der Waals surface area contributed by atoms with Crippen LogP contribution in [0.1, 0.15) is 16.8 Å². The number of benzene rings is 2. The summed E-state index contributed by atoms with van der Waals surface area (Å²) in [7, 11) is -2.54. The Balaban J connectivity index is 2.00. The third-order valence-corrected chi connectivity index (χ3v) is 6.83. The zero-order valence-electron chi connectivity index (χ0n) is 17.8. The summed E-state index contributed by atoms with van der Waals surface area (Å²) in [5, 5.41) is 2.74. The molecule has 162 valence electrons. The van der Waals surface area contributed by atoms with Gasteiger partial charge in [-0.1, -0.05) is 24.3 Å². The van der Waals surface area contributed by atoms with Crippen LogP contribution in [0.5, 0.6) is 5.75 Å². The van der Waals surface area contributed by atoms with E-state index < -0.39 is 21.3 Å². The average molecular weight is 441 g/mol. The molecule has 31 heavy (non-hydrogen) atoms. The minimum absolute atomic E-state index is 0.0274. The largest absolute Gasteiger partial charge is 0.495 e. The molecule has 8 heteroatoms. The summed E-state index contributed by atoms with van der Waals surface area (Å²) in [5.74, 6) is 0.0141. The lowest BCUT2D eigenvalue weighted by atomic mass is 10.2. The number of hydrogen-bond donors (Lipinski definition) is 1. The van der Waals surface area contributed by atoms with E-state index in [1.807, 2.05) is 13.0 Å². The van der Waals surface area contributed by atoms with E-state index in [4.69, 9.17) is 4.74 Å². The molecular weight excluding hydrogens is 416 g/mol. The van der Waals surface area contributed by atoms with Gasteiger partial charge in [0.15, 0.2) is 0 Å². The second-order valence-electron chi connectivity index (χ2n) is 7.26. The van der Waals surface area contributed by atoms with Crippen molar-refractivity contribution in [2.75, 3.05) is 12.4 Å². The molecule has 0 unspecified atom stereocenters. The monoisotopic (exact) mass is 440 g/mol. The van der Waals surface area contributed by atoms with Gasteiger partial charge in [-0.2, -0.15) is 0 Å². The molecule has 0 aliphatic carbocycles. The molecule has 1 aromatic heterocycles. The van der Waals surface area contributed by atoms with Crippen molar-refractivity contribution in [3.8, 4) is 5.75 Å². The molecule has 3 rings (SSSR count). The number of methoxy groups -OCH3 is 1. The van der Waals surface area contributed by atoms with E-state index >= 15 is 0 Å². The lowest BCUT2D eigenvalue weighted by molar-refractivity contribution is -0.116. The Morgan fingerprint density at radius 2 is 1.71 bits per heavy atom. The molecule has 0 bridgehead atoms. The number of ether oxygens (including phenoxy) is 1. The van der Waals surface area contributed by atoms with Crippen LogP contribution in [0.25, 0.3) is 0 Å². The molecule has 0 aliphatic rings. The maximum Gasteiger partial charge on any atom is 0.270 e. The highest BCUT2D eigenvalue weighted by Crippen LogP contribution is 2.25. The molecule has 0 saturated heterocycles. The first-order valence-electron chi connectivity index (χ1n) is 9.61. The minimum atomic E-state index is -4.04. The lowest BCUT2D eigenvalue weighted by Gasteiger charge is -2.16. The van der Waals surface area contributed by atoms with Gasteiger partial charge in [-0.05, 0) is 62.2 Å². The van der Waals surface area contributed by atoms with Crippen molar-refractivity contribution in [3.05, 3.63) is 81.8 Å². The van der Waals surface area contributed by atoms with E-state index in [1.54, 1.807) is 50.2 Å². The average Bonchev–Trinajstić information content (AvgIpc) is 2.71. The fourth-order valence-electron chi connectivity index (χ4n) is 3.40. The van der Waals surface area contributed by atoms with Gasteiger partial charge in [0.1, 0.15) is 17.2 Å². The van der Waals surface area contributed by atoms with Crippen LogP contribution >= 0.6 is 0 Å². The Bertz CT molecular complexity index is 1300. The standard InChI is InChI=1S/C23H24N2O5S/c1-15-10-11-20(30-4)19(12-15)24-21(26)14-25-17(3)13-16(2)22(23(25)27)31(28,29)18-8-6-5-7-9-18/h5-13H,14H2,1-4H3,(H,24,26). The van der Waals surface area contributed by atoms with Crippen LogP contribution in [0.3, 0.4) is 0 Å². The van der Waals surface area contributed by atoms with Crippen LogP contribution in [0.4, 0.5) is 5.69 Å². The van der Waals surface area contributed by atoms with Gasteiger partial charge in [0.05, 0.1) is 17.7 Å². The van der Waals surface area contributed by atoms with E-state index in [-0.39, 0.29) is 16.3 Å². The van der Waals surface area contributed by atoms with Gasteiger partial charge < -0.3 is 14.6 Å². The zero-order chi connectivity index (χ0) is 22.8. The summed E-state index contributed by atoms with van der Waals surface area (Å²) in [4.78, 5) is 25.6. The highest BCUT2D eigenvalue weighted by Gasteiger charge is 2.26. The van der Waals surface area contributed by atoms with Crippen LogP contribution in [-0.2, 0) is 21.2 Å². The number of nitrogens with one attached hydrogen (secondary N) is 1. The van der Waals surface area contributed by atoms with E-state index in [9.17, 15) is 18.0 Å². The molecule has 7 nitrogen and oxygen atoms in total. The van der Waals surface area contributed by atoms with Gasteiger partial charge in [0, 0.05) is 5.69 Å². The van der Waals surface area contributed by atoms with Gasteiger partial charge in [-0.3, -0.25) is 9.59 Å². The molecule has 0 aliphatic heterocycles. The Morgan fingerprint density at radius 3 is 2.35 bits per heavy atom. The van der Waals surface area contributed by atoms with Gasteiger partial charge in [0.2, 0.25) is 15.7 Å². The van der Waals surface area contributed by atoms with Gasteiger partial charge in [-0.15, -0.1) is 0 Å². The smallest absolute Gasteiger partial charge is 0.270 e. The number of anilines is 1. The Morgan fingerprint density at radius 1 is 1.03 bits per heavy atom. The second kappa shape index (κ2) is 8.77. The summed E-state index contributed by atoms with van der Waals surface area (Å²) in [6.45, 7) is 4.78. The maximum atomic E-state index is 13.2. The SMILES string of the molecule is COc1ccc(C)cc1NC(=O)Cn1c(C)cc(C)c(S(=O)(=O)c2ccccc2)c1=O. The number of amides is 1. The van der Waals surface area contributed by atoms with Crippen LogP contribution in [0.15, 0.2) is 69.2 Å². The minimum Gasteiger partial charge on any atom is -0.495 e. The van der Waals surface area contributed by atoms with Crippen molar-refractivity contribution in [2.24, 2.45) is 0 Å². The van der Waals surface area contributed by atoms with Crippen LogP contribution < -0.4 is 15.6 Å². The Labute approximate surface area is 181 Å². The second-order valence-corrected chi connectivity index (χ2v) is 9.14. The lowest BCUT2D eigenvalue weighted by Crippen LogP contribution is -2.33. The van der Waals surface area contributed by atoms with E-state index in [2.05, 4.69) is 5.32 Å². The molecule has 0 saturated carbocycles. The molecule has 0 radical (unpaired) electrons. The number of aryl methyl sites for hydroxylation is 3. The quantitative estimate of drug-likeness (QED) is 0.635. The molecule has 1 amide bonds. The third kappa shape index (κ3) is 4.54. The van der Waals surface area contributed by atoms with Crippen molar-refractivity contribution in [2.45, 2.75) is 37.1 Å². The number of hydrogen-bond acceptors (Lipinski definition) is 5. The summed E-state index contributed by atoms with van der Waals surface area (Å²) < 4.78 is 32.6. The summed E-state index contributed by atoms with van der Waals surface area (Å²) in [6.07, 6.45) is 0. The highest BCUT2D eigenvalue weighted by molar-refractivity contribution is 7.91. The fourth-order valence-corrected chi connectivity index (χ4v) is 4.98. The summed E-state index contributed by atoms with van der Waals surface area (Å²) in [6, 6.07) is 14.7. The zero-order valence-corrected chi connectivity index (χ0v) is 18.6. The molecule has 3 aromatic rings. The van der Waals surface area contributed by atoms with Gasteiger partial charge in [-0.25, -0.2) is 8.42 Å². The normalized spacial score (nSPS) is 11.2. The molecule has 1 N–H and O–H groups in total. The molecule has 1 heterocycles. The first kappa shape index (κ1) is 22.3. The van der Waals surface area contributed by atoms with Crippen molar-refractivity contribution >= 4 is 21.4 Å². The predicted octanol–water partition coefficient (Wildman–Crippen LogP) is 3.25. The first-order valence-corrected chi connectivity index (χ1v) is 11.1. The van der Waals surface area contributed by atoms with Crippen LogP contribution in [0.2, 0.25) is 0 Å². The van der Waals surface area contributed by atoms with Crippen molar-refractivity contribution in [1.82, 2.24) is 4.57 Å². The van der Waals surface area contributed by atoms with Crippen molar-refractivity contribution in [3.63, 3.8) is 0 Å². The number of carbonyl (C=O) groups excluding carboxylic acids is 1. The Hall–Kier alpha value is -3.39. The molecular formula is C23H24N2O5S. The topological polar surface area (TPSA) is 94.5 Å². The first-order chi connectivity index (χ1) is 14.6. The van der Waals surface area contributed by atoms with E-state index in [0.717, 1.165) is 5.56 Å². The van der Waals surface area contributed by atoms with E-state index in [0.29, 0.717) is 22.7 Å². The fraction of sp³-hybridized carbons (Fsp3) is 0.217. The summed E-state index contributed by atoms with van der Waals surface area (Å²) in [5.41, 5.74) is 1.50. The number of sulfone groups is 1. The van der Waals surface area contributed by atoms with E-state index in [1.165, 1.54) is 23.8 Å². The van der Waals surface area contributed by atoms with Crippen molar-refractivity contribution < 1.29 is 17.9 Å². The number of pyridine rings is 1. The van der Waals surface area contributed by atoms with Gasteiger partial charge in [0.25, 0.3) is 5.56 Å². The number of nitrogens with zero attached hydrogens (tertiary/aromatic N) is 1. The Kier molecular flexibility index (Phi) is 6.31. The molecule has 2 aromatic carbocycles. The number of carbonyl (C=O) groups is 1. The molecule has 0 spiro atoms. The molecule has 0 atom stereocenters. The molecule has 0 fully saturated rings.